The number of fused-ring (bicyclic) bond motifs is 1. The van der Waals surface area contributed by atoms with Crippen LogP contribution in [0, 0.1) is 13.8 Å². The van der Waals surface area contributed by atoms with Crippen LogP contribution in [0.2, 0.25) is 0 Å². The Morgan fingerprint density at radius 3 is 2.59 bits per heavy atom. The van der Waals surface area contributed by atoms with Crippen LogP contribution in [0.3, 0.4) is 0 Å². The van der Waals surface area contributed by atoms with E-state index in [9.17, 15) is 4.79 Å². The Labute approximate surface area is 135 Å². The molecule has 0 bridgehead atoms. The fraction of sp³-hybridized carbons (Fsp3) is 0.529. The number of hydrogen-bond donors (Lipinski definition) is 1. The van der Waals surface area contributed by atoms with Gasteiger partial charge in [0.05, 0.1) is 5.69 Å². The number of anilines is 1. The van der Waals surface area contributed by atoms with Gasteiger partial charge >= 0.3 is 0 Å². The smallest absolute Gasteiger partial charge is 0.266 e. The highest BCUT2D eigenvalue weighted by Crippen LogP contribution is 2.37. The van der Waals surface area contributed by atoms with Crippen molar-refractivity contribution in [3.63, 3.8) is 0 Å². The SMILES string of the molecule is Cc1cc(C)c2c(N)c(C(=O)N3[C@H](C)CCC[C@H]3C)sc2n1. The van der Waals surface area contributed by atoms with Gasteiger partial charge in [0.2, 0.25) is 0 Å². The molecular formula is C17H23N3OS. The van der Waals surface area contributed by atoms with Crippen LogP contribution in [0.4, 0.5) is 5.69 Å². The molecule has 1 fully saturated rings. The van der Waals surface area contributed by atoms with Crippen LogP contribution < -0.4 is 5.73 Å². The molecule has 3 heterocycles. The summed E-state index contributed by atoms with van der Waals surface area (Å²) in [4.78, 5) is 21.1. The topological polar surface area (TPSA) is 59.2 Å². The summed E-state index contributed by atoms with van der Waals surface area (Å²) in [5, 5.41) is 0.941. The first-order valence-corrected chi connectivity index (χ1v) is 8.70. The number of aromatic nitrogens is 1. The molecule has 0 saturated carbocycles. The van der Waals surface area contributed by atoms with E-state index >= 15 is 0 Å². The molecule has 2 atom stereocenters. The van der Waals surface area contributed by atoms with Crippen LogP contribution in [0.15, 0.2) is 6.07 Å². The maximum Gasteiger partial charge on any atom is 0.266 e. The third kappa shape index (κ3) is 2.37. The van der Waals surface area contributed by atoms with E-state index < -0.39 is 0 Å². The maximum atomic E-state index is 13.0. The Balaban J connectivity index is 2.08. The third-order valence-electron chi connectivity index (χ3n) is 4.65. The predicted octanol–water partition coefficient (Wildman–Crippen LogP) is 3.90. The number of rotatable bonds is 1. The standard InChI is InChI=1S/C17H23N3OS/c1-9-8-10(2)19-16-13(9)14(18)15(22-16)17(21)20-11(3)6-5-7-12(20)4/h8,11-12H,5-7,18H2,1-4H3/t11-,12-/m1/s1. The molecule has 2 N–H and O–H groups in total. The number of nitrogens with zero attached hydrogens (tertiary/aromatic N) is 2. The van der Waals surface area contributed by atoms with E-state index in [1.807, 2.05) is 24.8 Å². The summed E-state index contributed by atoms with van der Waals surface area (Å²) in [5.41, 5.74) is 8.96. The van der Waals surface area contributed by atoms with Crippen molar-refractivity contribution in [3.8, 4) is 0 Å². The molecule has 1 saturated heterocycles. The summed E-state index contributed by atoms with van der Waals surface area (Å²) in [5.74, 6) is 0.0669. The molecule has 1 aliphatic heterocycles. The fourth-order valence-corrected chi connectivity index (χ4v) is 4.73. The molecule has 5 heteroatoms. The van der Waals surface area contributed by atoms with Gasteiger partial charge in [-0.05, 0) is 58.6 Å². The van der Waals surface area contributed by atoms with Gasteiger partial charge in [-0.25, -0.2) is 4.98 Å². The van der Waals surface area contributed by atoms with Crippen LogP contribution in [-0.2, 0) is 0 Å². The lowest BCUT2D eigenvalue weighted by Gasteiger charge is -2.38. The zero-order chi connectivity index (χ0) is 16.0. The molecule has 3 rings (SSSR count). The molecule has 0 radical (unpaired) electrons. The molecule has 2 aromatic rings. The van der Waals surface area contributed by atoms with E-state index in [1.54, 1.807) is 0 Å². The summed E-state index contributed by atoms with van der Waals surface area (Å²) in [6, 6.07) is 2.57. The van der Waals surface area contributed by atoms with Gasteiger partial charge in [-0.2, -0.15) is 0 Å². The number of carbonyl (C=O) groups excluding carboxylic acids is 1. The Kier molecular flexibility index (Phi) is 3.85. The number of nitrogen functional groups attached to an aromatic ring is 1. The van der Waals surface area contributed by atoms with E-state index in [0.717, 1.165) is 34.3 Å². The van der Waals surface area contributed by atoms with Crippen molar-refractivity contribution in [2.24, 2.45) is 0 Å². The van der Waals surface area contributed by atoms with E-state index in [-0.39, 0.29) is 18.0 Å². The van der Waals surface area contributed by atoms with Crippen LogP contribution >= 0.6 is 11.3 Å². The van der Waals surface area contributed by atoms with Crippen molar-refractivity contribution in [2.75, 3.05) is 5.73 Å². The van der Waals surface area contributed by atoms with Gasteiger partial charge in [-0.3, -0.25) is 4.79 Å². The monoisotopic (exact) mass is 317 g/mol. The molecule has 118 valence electrons. The molecule has 0 unspecified atom stereocenters. The van der Waals surface area contributed by atoms with Gasteiger partial charge in [0, 0.05) is 23.2 Å². The van der Waals surface area contributed by atoms with E-state index in [1.165, 1.54) is 17.8 Å². The lowest BCUT2D eigenvalue weighted by Crippen LogP contribution is -2.47. The Morgan fingerprint density at radius 2 is 1.95 bits per heavy atom. The molecule has 4 nitrogen and oxygen atoms in total. The quantitative estimate of drug-likeness (QED) is 0.868. The second kappa shape index (κ2) is 5.54. The highest BCUT2D eigenvalue weighted by atomic mass is 32.1. The van der Waals surface area contributed by atoms with Crippen molar-refractivity contribution >= 4 is 33.1 Å². The Bertz CT molecular complexity index is 727. The molecule has 1 aliphatic rings. The van der Waals surface area contributed by atoms with Crippen LogP contribution in [0.5, 0.6) is 0 Å². The molecule has 0 spiro atoms. The molecule has 1 amide bonds. The largest absolute Gasteiger partial charge is 0.397 e. The number of carbonyl (C=O) groups is 1. The highest BCUT2D eigenvalue weighted by Gasteiger charge is 2.32. The molecule has 22 heavy (non-hydrogen) atoms. The minimum absolute atomic E-state index is 0.0669. The van der Waals surface area contributed by atoms with Crippen molar-refractivity contribution in [2.45, 2.75) is 59.0 Å². The number of pyridine rings is 1. The van der Waals surface area contributed by atoms with E-state index in [2.05, 4.69) is 18.8 Å². The average Bonchev–Trinajstić information content (AvgIpc) is 2.75. The zero-order valence-electron chi connectivity index (χ0n) is 13.6. The van der Waals surface area contributed by atoms with Gasteiger partial charge in [-0.15, -0.1) is 11.3 Å². The summed E-state index contributed by atoms with van der Waals surface area (Å²) in [7, 11) is 0. The second-order valence-corrected chi connectivity index (χ2v) is 7.45. The number of amides is 1. The molecule has 0 aromatic carbocycles. The lowest BCUT2D eigenvalue weighted by molar-refractivity contribution is 0.0517. The highest BCUT2D eigenvalue weighted by molar-refractivity contribution is 7.21. The Hall–Kier alpha value is -1.62. The fourth-order valence-electron chi connectivity index (χ4n) is 3.57. The second-order valence-electron chi connectivity index (χ2n) is 6.45. The van der Waals surface area contributed by atoms with Crippen LogP contribution in [0.1, 0.15) is 54.0 Å². The third-order valence-corrected chi connectivity index (χ3v) is 5.73. The zero-order valence-corrected chi connectivity index (χ0v) is 14.5. The maximum absolute atomic E-state index is 13.0. The summed E-state index contributed by atoms with van der Waals surface area (Å²) < 4.78 is 0. The number of piperidine rings is 1. The first-order valence-electron chi connectivity index (χ1n) is 7.89. The van der Waals surface area contributed by atoms with Gasteiger partial charge in [0.15, 0.2) is 0 Å². The minimum atomic E-state index is 0.0669. The number of aryl methyl sites for hydroxylation is 2. The number of nitrogens with two attached hydrogens (primary N) is 1. The minimum Gasteiger partial charge on any atom is -0.397 e. The number of likely N-dealkylation sites (tertiary alicyclic amines) is 1. The molecule has 0 aliphatic carbocycles. The Morgan fingerprint density at radius 1 is 1.32 bits per heavy atom. The van der Waals surface area contributed by atoms with Crippen molar-refractivity contribution < 1.29 is 4.79 Å². The number of thiophene rings is 1. The lowest BCUT2D eigenvalue weighted by atomic mass is 9.97. The number of hydrogen-bond acceptors (Lipinski definition) is 4. The van der Waals surface area contributed by atoms with E-state index in [4.69, 9.17) is 5.73 Å². The van der Waals surface area contributed by atoms with Crippen LogP contribution in [0.25, 0.3) is 10.2 Å². The van der Waals surface area contributed by atoms with Crippen molar-refractivity contribution in [1.82, 2.24) is 9.88 Å². The van der Waals surface area contributed by atoms with Crippen LogP contribution in [-0.4, -0.2) is 27.9 Å². The summed E-state index contributed by atoms with van der Waals surface area (Å²) in [6.07, 6.45) is 3.32. The first-order chi connectivity index (χ1) is 10.4. The first kappa shape index (κ1) is 15.3. The predicted molar refractivity (Wildman–Crippen MR) is 92.5 cm³/mol. The molecule has 2 aromatic heterocycles. The van der Waals surface area contributed by atoms with Crippen molar-refractivity contribution in [1.29, 1.82) is 0 Å². The van der Waals surface area contributed by atoms with Gasteiger partial charge < -0.3 is 10.6 Å². The van der Waals surface area contributed by atoms with Gasteiger partial charge in [-0.1, -0.05) is 0 Å². The normalized spacial score (nSPS) is 22.3. The summed E-state index contributed by atoms with van der Waals surface area (Å²) >= 11 is 1.43. The van der Waals surface area contributed by atoms with Gasteiger partial charge in [0.25, 0.3) is 5.91 Å². The molecular weight excluding hydrogens is 294 g/mol. The van der Waals surface area contributed by atoms with Gasteiger partial charge in [0.1, 0.15) is 9.71 Å². The van der Waals surface area contributed by atoms with Crippen molar-refractivity contribution in [3.05, 3.63) is 22.2 Å². The summed E-state index contributed by atoms with van der Waals surface area (Å²) in [6.45, 7) is 8.26. The average molecular weight is 317 g/mol. The van der Waals surface area contributed by atoms with E-state index in [0.29, 0.717) is 10.6 Å².